The third-order valence-electron chi connectivity index (χ3n) is 1.74. The SMILES string of the molecule is Clc1c(I)cccc1-c1ccn[nH]1. The van der Waals surface area contributed by atoms with Gasteiger partial charge in [0.15, 0.2) is 0 Å². The van der Waals surface area contributed by atoms with E-state index in [2.05, 4.69) is 32.8 Å². The molecule has 0 aliphatic rings. The van der Waals surface area contributed by atoms with Crippen LogP contribution in [0.2, 0.25) is 5.02 Å². The Morgan fingerprint density at radius 1 is 1.31 bits per heavy atom. The molecule has 0 aliphatic heterocycles. The van der Waals surface area contributed by atoms with Gasteiger partial charge in [-0.3, -0.25) is 5.10 Å². The fourth-order valence-corrected chi connectivity index (χ4v) is 1.84. The van der Waals surface area contributed by atoms with Gasteiger partial charge in [-0.05, 0) is 34.7 Å². The van der Waals surface area contributed by atoms with Crippen LogP contribution in [-0.2, 0) is 0 Å². The number of aromatic amines is 1. The van der Waals surface area contributed by atoms with Crippen LogP contribution >= 0.6 is 34.2 Å². The molecule has 1 aromatic carbocycles. The highest BCUT2D eigenvalue weighted by Gasteiger charge is 2.06. The van der Waals surface area contributed by atoms with Crippen molar-refractivity contribution < 1.29 is 0 Å². The van der Waals surface area contributed by atoms with Crippen molar-refractivity contribution in [1.82, 2.24) is 10.2 Å². The number of nitrogens with one attached hydrogen (secondary N) is 1. The summed E-state index contributed by atoms with van der Waals surface area (Å²) in [7, 11) is 0. The van der Waals surface area contributed by atoms with Gasteiger partial charge in [0.2, 0.25) is 0 Å². The lowest BCUT2D eigenvalue weighted by Gasteiger charge is -2.02. The Labute approximate surface area is 94.5 Å². The maximum atomic E-state index is 6.13. The van der Waals surface area contributed by atoms with E-state index in [-0.39, 0.29) is 0 Å². The molecule has 0 spiro atoms. The van der Waals surface area contributed by atoms with E-state index >= 15 is 0 Å². The minimum absolute atomic E-state index is 0.771. The molecule has 4 heteroatoms. The first-order valence-electron chi connectivity index (χ1n) is 3.73. The summed E-state index contributed by atoms with van der Waals surface area (Å²) >= 11 is 8.34. The van der Waals surface area contributed by atoms with E-state index in [4.69, 9.17) is 11.6 Å². The van der Waals surface area contributed by atoms with Gasteiger partial charge in [0, 0.05) is 15.3 Å². The number of rotatable bonds is 1. The number of nitrogens with zero attached hydrogens (tertiary/aromatic N) is 1. The van der Waals surface area contributed by atoms with Crippen molar-refractivity contribution in [2.24, 2.45) is 0 Å². The lowest BCUT2D eigenvalue weighted by Crippen LogP contribution is -1.82. The molecule has 2 rings (SSSR count). The molecule has 0 unspecified atom stereocenters. The molecule has 0 bridgehead atoms. The van der Waals surface area contributed by atoms with Gasteiger partial charge in [-0.1, -0.05) is 23.7 Å². The highest BCUT2D eigenvalue weighted by molar-refractivity contribution is 14.1. The number of hydrogen-bond donors (Lipinski definition) is 1. The van der Waals surface area contributed by atoms with Gasteiger partial charge < -0.3 is 0 Å². The van der Waals surface area contributed by atoms with Crippen molar-refractivity contribution in [2.45, 2.75) is 0 Å². The van der Waals surface area contributed by atoms with E-state index in [1.54, 1.807) is 6.20 Å². The van der Waals surface area contributed by atoms with Gasteiger partial charge in [0.25, 0.3) is 0 Å². The zero-order valence-electron chi connectivity index (χ0n) is 6.59. The average Bonchev–Trinajstić information content (AvgIpc) is 2.62. The largest absolute Gasteiger partial charge is 0.278 e. The Morgan fingerprint density at radius 2 is 2.15 bits per heavy atom. The molecular weight excluding hydrogens is 298 g/mol. The van der Waals surface area contributed by atoms with Gasteiger partial charge in [0.05, 0.1) is 10.7 Å². The van der Waals surface area contributed by atoms with Gasteiger partial charge in [0.1, 0.15) is 0 Å². The van der Waals surface area contributed by atoms with Crippen LogP contribution < -0.4 is 0 Å². The molecule has 0 saturated carbocycles. The summed E-state index contributed by atoms with van der Waals surface area (Å²) in [5.74, 6) is 0. The minimum atomic E-state index is 0.771. The second-order valence-corrected chi connectivity index (χ2v) is 4.11. The van der Waals surface area contributed by atoms with Crippen molar-refractivity contribution in [3.8, 4) is 11.3 Å². The monoisotopic (exact) mass is 304 g/mol. The van der Waals surface area contributed by atoms with E-state index in [0.29, 0.717) is 0 Å². The summed E-state index contributed by atoms with van der Waals surface area (Å²) in [4.78, 5) is 0. The average molecular weight is 305 g/mol. The maximum Gasteiger partial charge on any atom is 0.0665 e. The van der Waals surface area contributed by atoms with Crippen LogP contribution in [0.15, 0.2) is 30.5 Å². The summed E-state index contributed by atoms with van der Waals surface area (Å²) in [5.41, 5.74) is 1.94. The normalized spacial score (nSPS) is 10.3. The summed E-state index contributed by atoms with van der Waals surface area (Å²) in [6.45, 7) is 0. The van der Waals surface area contributed by atoms with E-state index in [9.17, 15) is 0 Å². The van der Waals surface area contributed by atoms with Crippen LogP contribution in [0, 0.1) is 3.57 Å². The van der Waals surface area contributed by atoms with Crippen LogP contribution in [0.5, 0.6) is 0 Å². The second-order valence-electron chi connectivity index (χ2n) is 2.57. The highest BCUT2D eigenvalue weighted by atomic mass is 127. The van der Waals surface area contributed by atoms with Crippen LogP contribution in [0.1, 0.15) is 0 Å². The van der Waals surface area contributed by atoms with Crippen molar-refractivity contribution in [3.63, 3.8) is 0 Å². The molecule has 1 heterocycles. The van der Waals surface area contributed by atoms with E-state index in [1.165, 1.54) is 0 Å². The summed E-state index contributed by atoms with van der Waals surface area (Å²) in [6.07, 6.45) is 1.71. The van der Waals surface area contributed by atoms with Crippen molar-refractivity contribution >= 4 is 34.2 Å². The van der Waals surface area contributed by atoms with E-state index < -0.39 is 0 Å². The molecule has 2 nitrogen and oxygen atoms in total. The van der Waals surface area contributed by atoms with Crippen LogP contribution in [-0.4, -0.2) is 10.2 Å². The maximum absolute atomic E-state index is 6.13. The first-order valence-corrected chi connectivity index (χ1v) is 5.18. The summed E-state index contributed by atoms with van der Waals surface area (Å²) < 4.78 is 1.05. The molecule has 0 aliphatic carbocycles. The molecule has 2 aromatic rings. The molecule has 0 atom stereocenters. The Hall–Kier alpha value is -0.550. The molecule has 66 valence electrons. The number of halogens is 2. The predicted molar refractivity (Wildman–Crippen MR) is 61.8 cm³/mol. The fraction of sp³-hybridized carbons (Fsp3) is 0. The van der Waals surface area contributed by atoms with Gasteiger partial charge in [-0.25, -0.2) is 0 Å². The number of aromatic nitrogens is 2. The molecule has 13 heavy (non-hydrogen) atoms. The van der Waals surface area contributed by atoms with Crippen LogP contribution in [0.25, 0.3) is 11.3 Å². The predicted octanol–water partition coefficient (Wildman–Crippen LogP) is 3.33. The van der Waals surface area contributed by atoms with E-state index in [0.717, 1.165) is 19.9 Å². The first-order chi connectivity index (χ1) is 6.29. The fourth-order valence-electron chi connectivity index (χ4n) is 1.12. The van der Waals surface area contributed by atoms with Gasteiger partial charge >= 0.3 is 0 Å². The third-order valence-corrected chi connectivity index (χ3v) is 3.37. The Kier molecular flexibility index (Phi) is 2.55. The standard InChI is InChI=1S/C9H6ClIN2/c10-9-6(2-1-3-7(9)11)8-4-5-12-13-8/h1-5H,(H,12,13). The Balaban J connectivity index is 2.59. The zero-order chi connectivity index (χ0) is 9.26. The van der Waals surface area contributed by atoms with Crippen molar-refractivity contribution in [3.05, 3.63) is 39.1 Å². The van der Waals surface area contributed by atoms with Crippen LogP contribution in [0.3, 0.4) is 0 Å². The quantitative estimate of drug-likeness (QED) is 0.804. The molecule has 1 N–H and O–H groups in total. The first kappa shape index (κ1) is 9.02. The number of H-pyrrole nitrogens is 1. The van der Waals surface area contributed by atoms with E-state index in [1.807, 2.05) is 24.3 Å². The molecule has 0 saturated heterocycles. The third kappa shape index (κ3) is 1.71. The van der Waals surface area contributed by atoms with Gasteiger partial charge in [-0.15, -0.1) is 0 Å². The number of hydrogen-bond acceptors (Lipinski definition) is 1. The smallest absolute Gasteiger partial charge is 0.0665 e. The lowest BCUT2D eigenvalue weighted by molar-refractivity contribution is 1.10. The number of benzene rings is 1. The molecule has 1 aromatic heterocycles. The van der Waals surface area contributed by atoms with Gasteiger partial charge in [-0.2, -0.15) is 5.10 Å². The topological polar surface area (TPSA) is 28.7 Å². The second kappa shape index (κ2) is 3.67. The summed E-state index contributed by atoms with van der Waals surface area (Å²) in [6, 6.07) is 7.82. The Morgan fingerprint density at radius 3 is 2.85 bits per heavy atom. The highest BCUT2D eigenvalue weighted by Crippen LogP contribution is 2.29. The van der Waals surface area contributed by atoms with Crippen molar-refractivity contribution in [2.75, 3.05) is 0 Å². The molecule has 0 fully saturated rings. The lowest BCUT2D eigenvalue weighted by atomic mass is 10.2. The molecule has 0 amide bonds. The molecular formula is C9H6ClIN2. The minimum Gasteiger partial charge on any atom is -0.278 e. The van der Waals surface area contributed by atoms with Crippen LogP contribution in [0.4, 0.5) is 0 Å². The summed E-state index contributed by atoms with van der Waals surface area (Å²) in [5, 5.41) is 7.54. The van der Waals surface area contributed by atoms with Crippen molar-refractivity contribution in [1.29, 1.82) is 0 Å². The molecule has 0 radical (unpaired) electrons. The zero-order valence-corrected chi connectivity index (χ0v) is 9.50. The Bertz CT molecular complexity index is 412.